The molecule has 0 aliphatic carbocycles. The van der Waals surface area contributed by atoms with Crippen LogP contribution in [0.4, 0.5) is 0 Å². The van der Waals surface area contributed by atoms with E-state index in [4.69, 9.17) is 4.74 Å². The SMILES string of the molecule is CC(=O)Oc1ccc2cc(/C=C(\C#N)c3nc4ccccc4s3)ccc2c1. The second-order valence-electron chi connectivity index (χ2n) is 6.02. The van der Waals surface area contributed by atoms with E-state index in [-0.39, 0.29) is 5.97 Å². The summed E-state index contributed by atoms with van der Waals surface area (Å²) in [6.07, 6.45) is 1.84. The number of nitrogens with zero attached hydrogens (tertiary/aromatic N) is 2. The Hall–Kier alpha value is -3.49. The summed E-state index contributed by atoms with van der Waals surface area (Å²) in [4.78, 5) is 15.7. The van der Waals surface area contributed by atoms with Gasteiger partial charge in [0.05, 0.1) is 15.8 Å². The average Bonchev–Trinajstić information content (AvgIpc) is 3.09. The summed E-state index contributed by atoms with van der Waals surface area (Å²) in [7, 11) is 0. The molecule has 0 fully saturated rings. The second-order valence-corrected chi connectivity index (χ2v) is 7.05. The molecule has 5 heteroatoms. The molecule has 3 aromatic carbocycles. The summed E-state index contributed by atoms with van der Waals surface area (Å²) in [6, 6.07) is 21.5. The molecule has 0 aliphatic heterocycles. The highest BCUT2D eigenvalue weighted by Crippen LogP contribution is 2.29. The Kier molecular flexibility index (Phi) is 4.41. The maximum absolute atomic E-state index is 11.1. The van der Waals surface area contributed by atoms with Crippen LogP contribution in [0.2, 0.25) is 0 Å². The van der Waals surface area contributed by atoms with E-state index in [9.17, 15) is 10.1 Å². The zero-order chi connectivity index (χ0) is 18.8. The number of thiazole rings is 1. The number of aromatic nitrogens is 1. The number of benzene rings is 3. The number of esters is 1. The molecule has 0 atom stereocenters. The monoisotopic (exact) mass is 370 g/mol. The molecular weight excluding hydrogens is 356 g/mol. The van der Waals surface area contributed by atoms with E-state index in [2.05, 4.69) is 11.1 Å². The van der Waals surface area contributed by atoms with Crippen molar-refractivity contribution >= 4 is 49.9 Å². The molecule has 0 radical (unpaired) electrons. The number of rotatable bonds is 3. The number of carbonyl (C=O) groups is 1. The fourth-order valence-corrected chi connectivity index (χ4v) is 3.79. The zero-order valence-corrected chi connectivity index (χ0v) is 15.3. The summed E-state index contributed by atoms with van der Waals surface area (Å²) < 4.78 is 6.18. The van der Waals surface area contributed by atoms with Gasteiger partial charge in [-0.3, -0.25) is 4.79 Å². The molecule has 4 rings (SSSR count). The van der Waals surface area contributed by atoms with Gasteiger partial charge in [-0.05, 0) is 52.7 Å². The Morgan fingerprint density at radius 2 is 1.89 bits per heavy atom. The molecular formula is C22H14N2O2S. The van der Waals surface area contributed by atoms with E-state index in [1.54, 1.807) is 6.07 Å². The number of para-hydroxylation sites is 1. The van der Waals surface area contributed by atoms with Crippen molar-refractivity contribution in [3.05, 3.63) is 71.2 Å². The van der Waals surface area contributed by atoms with Crippen LogP contribution < -0.4 is 4.74 Å². The van der Waals surface area contributed by atoms with Gasteiger partial charge in [-0.2, -0.15) is 5.26 Å². The van der Waals surface area contributed by atoms with Gasteiger partial charge in [0.2, 0.25) is 0 Å². The molecule has 0 aliphatic rings. The maximum atomic E-state index is 11.1. The number of allylic oxidation sites excluding steroid dienone is 1. The van der Waals surface area contributed by atoms with E-state index < -0.39 is 0 Å². The quantitative estimate of drug-likeness (QED) is 0.274. The van der Waals surface area contributed by atoms with Crippen LogP contribution >= 0.6 is 11.3 Å². The smallest absolute Gasteiger partial charge is 0.308 e. The van der Waals surface area contributed by atoms with Crippen LogP contribution in [0.3, 0.4) is 0 Å². The van der Waals surface area contributed by atoms with Crippen LogP contribution in [-0.2, 0) is 4.79 Å². The molecule has 0 saturated heterocycles. The van der Waals surface area contributed by atoms with Crippen molar-refractivity contribution < 1.29 is 9.53 Å². The lowest BCUT2D eigenvalue weighted by molar-refractivity contribution is -0.131. The Morgan fingerprint density at radius 3 is 2.67 bits per heavy atom. The van der Waals surface area contributed by atoms with Crippen LogP contribution in [0, 0.1) is 11.3 Å². The predicted octanol–water partition coefficient (Wildman–Crippen LogP) is 5.44. The van der Waals surface area contributed by atoms with Crippen molar-refractivity contribution in [2.45, 2.75) is 6.92 Å². The van der Waals surface area contributed by atoms with Crippen LogP contribution in [0.25, 0.3) is 32.6 Å². The number of carbonyl (C=O) groups excluding carboxylic acids is 1. The summed E-state index contributed by atoms with van der Waals surface area (Å²) in [6.45, 7) is 1.38. The van der Waals surface area contributed by atoms with Crippen molar-refractivity contribution in [2.75, 3.05) is 0 Å². The van der Waals surface area contributed by atoms with Gasteiger partial charge in [0.25, 0.3) is 0 Å². The van der Waals surface area contributed by atoms with Gasteiger partial charge in [0.1, 0.15) is 16.8 Å². The van der Waals surface area contributed by atoms with Crippen molar-refractivity contribution in [1.82, 2.24) is 4.98 Å². The van der Waals surface area contributed by atoms with E-state index in [0.29, 0.717) is 16.3 Å². The highest BCUT2D eigenvalue weighted by molar-refractivity contribution is 7.19. The summed E-state index contributed by atoms with van der Waals surface area (Å²) in [5.41, 5.74) is 2.35. The average molecular weight is 370 g/mol. The maximum Gasteiger partial charge on any atom is 0.308 e. The third-order valence-corrected chi connectivity index (χ3v) is 5.12. The van der Waals surface area contributed by atoms with Gasteiger partial charge < -0.3 is 4.74 Å². The van der Waals surface area contributed by atoms with Crippen LogP contribution in [0.5, 0.6) is 5.75 Å². The second kappa shape index (κ2) is 7.02. The normalized spacial score (nSPS) is 11.5. The summed E-state index contributed by atoms with van der Waals surface area (Å²) >= 11 is 1.51. The molecule has 130 valence electrons. The molecule has 0 spiro atoms. The van der Waals surface area contributed by atoms with Gasteiger partial charge in [0.15, 0.2) is 0 Å². The number of nitriles is 1. The lowest BCUT2D eigenvalue weighted by atomic mass is 10.0. The molecule has 27 heavy (non-hydrogen) atoms. The minimum absolute atomic E-state index is 0.344. The predicted molar refractivity (Wildman–Crippen MR) is 108 cm³/mol. The molecule has 4 nitrogen and oxygen atoms in total. The van der Waals surface area contributed by atoms with Crippen LogP contribution in [0.15, 0.2) is 60.7 Å². The van der Waals surface area contributed by atoms with E-state index >= 15 is 0 Å². The number of hydrogen-bond donors (Lipinski definition) is 0. The molecule has 0 unspecified atom stereocenters. The lowest BCUT2D eigenvalue weighted by Gasteiger charge is -2.04. The third-order valence-electron chi connectivity index (χ3n) is 4.05. The van der Waals surface area contributed by atoms with Gasteiger partial charge in [-0.25, -0.2) is 4.98 Å². The first-order valence-corrected chi connectivity index (χ1v) is 9.14. The fraction of sp³-hybridized carbons (Fsp3) is 0.0455. The first-order valence-electron chi connectivity index (χ1n) is 8.32. The molecule has 0 amide bonds. The standard InChI is InChI=1S/C22H14N2O2S/c1-14(25)26-19-9-8-16-10-15(6-7-17(16)12-19)11-18(13-23)22-24-20-4-2-3-5-21(20)27-22/h2-12H,1H3/b18-11+. The topological polar surface area (TPSA) is 63.0 Å². The zero-order valence-electron chi connectivity index (χ0n) is 14.5. The van der Waals surface area contributed by atoms with Crippen molar-refractivity contribution in [1.29, 1.82) is 5.26 Å². The Balaban J connectivity index is 1.71. The molecule has 0 N–H and O–H groups in total. The van der Waals surface area contributed by atoms with Crippen molar-refractivity contribution in [2.24, 2.45) is 0 Å². The van der Waals surface area contributed by atoms with Gasteiger partial charge in [-0.1, -0.05) is 30.3 Å². The van der Waals surface area contributed by atoms with E-state index in [0.717, 1.165) is 26.6 Å². The first kappa shape index (κ1) is 17.0. The summed E-state index contributed by atoms with van der Waals surface area (Å²) in [5, 5.41) is 12.3. The van der Waals surface area contributed by atoms with Crippen LogP contribution in [-0.4, -0.2) is 11.0 Å². The molecule has 1 aromatic heterocycles. The summed E-state index contributed by atoms with van der Waals surface area (Å²) in [5.74, 6) is 0.175. The largest absolute Gasteiger partial charge is 0.427 e. The number of ether oxygens (including phenoxy) is 1. The Bertz CT molecular complexity index is 1220. The van der Waals surface area contributed by atoms with Gasteiger partial charge in [0, 0.05) is 6.92 Å². The first-order chi connectivity index (χ1) is 13.1. The molecule has 4 aromatic rings. The highest BCUT2D eigenvalue weighted by atomic mass is 32.1. The number of fused-ring (bicyclic) bond motifs is 2. The van der Waals surface area contributed by atoms with E-state index in [1.165, 1.54) is 18.3 Å². The minimum Gasteiger partial charge on any atom is -0.427 e. The van der Waals surface area contributed by atoms with E-state index in [1.807, 2.05) is 60.7 Å². The highest BCUT2D eigenvalue weighted by Gasteiger charge is 2.09. The fourth-order valence-electron chi connectivity index (χ4n) is 2.86. The Labute approximate surface area is 160 Å². The minimum atomic E-state index is -0.344. The molecule has 0 bridgehead atoms. The van der Waals surface area contributed by atoms with Gasteiger partial charge >= 0.3 is 5.97 Å². The van der Waals surface area contributed by atoms with Crippen LogP contribution in [0.1, 0.15) is 17.5 Å². The number of hydrogen-bond acceptors (Lipinski definition) is 5. The molecule has 1 heterocycles. The van der Waals surface area contributed by atoms with Crippen molar-refractivity contribution in [3.8, 4) is 11.8 Å². The van der Waals surface area contributed by atoms with Gasteiger partial charge in [-0.15, -0.1) is 11.3 Å². The Morgan fingerprint density at radius 1 is 1.11 bits per heavy atom. The lowest BCUT2D eigenvalue weighted by Crippen LogP contribution is -2.00. The van der Waals surface area contributed by atoms with Crippen molar-refractivity contribution in [3.63, 3.8) is 0 Å². The molecule has 0 saturated carbocycles. The third kappa shape index (κ3) is 3.57.